The fourth-order valence-electron chi connectivity index (χ4n) is 4.55. The third-order valence-corrected chi connectivity index (χ3v) is 7.88. The Morgan fingerprint density at radius 1 is 1.16 bits per heavy atom. The first-order valence-corrected chi connectivity index (χ1v) is 14.4. The number of carbonyl (C=O) groups is 3. The molecule has 2 amide bonds. The van der Waals surface area contributed by atoms with Crippen molar-refractivity contribution in [3.05, 3.63) is 102 Å². The highest BCUT2D eigenvalue weighted by Gasteiger charge is 2.54. The molecule has 14 heteroatoms. The van der Waals surface area contributed by atoms with Gasteiger partial charge in [-0.25, -0.2) is 4.79 Å². The number of rotatable bonds is 11. The number of hydrogen-bond acceptors (Lipinski definition) is 11. The summed E-state index contributed by atoms with van der Waals surface area (Å²) in [6.45, 7) is 3.84. The molecule has 44 heavy (non-hydrogen) atoms. The van der Waals surface area contributed by atoms with Crippen molar-refractivity contribution >= 4 is 47.6 Å². The van der Waals surface area contributed by atoms with E-state index in [9.17, 15) is 14.4 Å². The molecule has 0 saturated carbocycles. The van der Waals surface area contributed by atoms with E-state index in [1.165, 1.54) is 36.2 Å². The van der Waals surface area contributed by atoms with E-state index in [0.717, 1.165) is 11.1 Å². The van der Waals surface area contributed by atoms with Crippen molar-refractivity contribution in [1.29, 1.82) is 0 Å². The van der Waals surface area contributed by atoms with Gasteiger partial charge in [0, 0.05) is 19.8 Å². The van der Waals surface area contributed by atoms with E-state index in [2.05, 4.69) is 32.2 Å². The van der Waals surface area contributed by atoms with Crippen LogP contribution in [0.3, 0.4) is 0 Å². The standard InChI is InChI=1S/C30H29N7O6S/c1-5-18-16-44-28-22(32-26(38)21(34-41-4)25-33-30(43-35-25)31-17-36(2)3)27(39)37(28)23(18)29(40)42-24(19-12-8-6-9-13-19)20-14-10-7-11-15-20/h5-15,17,22,24,28H,1,16H2,2-4H3,(H,32,38)/b31-17+,34-21-/t22?,28-/m1/s1. The fourth-order valence-corrected chi connectivity index (χ4v) is 5.89. The van der Waals surface area contributed by atoms with Crippen LogP contribution in [-0.2, 0) is 24.0 Å². The molecular formula is C30H29N7O6S. The molecule has 13 nitrogen and oxygen atoms in total. The minimum absolute atomic E-state index is 0.0865. The zero-order valence-electron chi connectivity index (χ0n) is 24.1. The van der Waals surface area contributed by atoms with E-state index >= 15 is 0 Å². The Kier molecular flexibility index (Phi) is 9.19. The van der Waals surface area contributed by atoms with Crippen molar-refractivity contribution in [3.63, 3.8) is 0 Å². The van der Waals surface area contributed by atoms with Crippen molar-refractivity contribution in [2.75, 3.05) is 27.0 Å². The molecule has 3 heterocycles. The number of benzene rings is 2. The van der Waals surface area contributed by atoms with E-state index in [4.69, 9.17) is 14.1 Å². The van der Waals surface area contributed by atoms with Gasteiger partial charge in [-0.15, -0.1) is 11.8 Å². The third-order valence-electron chi connectivity index (χ3n) is 6.58. The highest BCUT2D eigenvalue weighted by atomic mass is 32.2. The normalized spacial score (nSPS) is 18.1. The van der Waals surface area contributed by atoms with Gasteiger partial charge in [-0.1, -0.05) is 83.6 Å². The van der Waals surface area contributed by atoms with Gasteiger partial charge < -0.3 is 24.3 Å². The zero-order valence-corrected chi connectivity index (χ0v) is 24.9. The second-order valence-corrected chi connectivity index (χ2v) is 10.9. The summed E-state index contributed by atoms with van der Waals surface area (Å²) < 4.78 is 11.1. The van der Waals surface area contributed by atoms with Crippen molar-refractivity contribution in [2.45, 2.75) is 17.5 Å². The van der Waals surface area contributed by atoms with Gasteiger partial charge in [-0.2, -0.15) is 9.98 Å². The Morgan fingerprint density at radius 2 is 1.82 bits per heavy atom. The number of ether oxygens (including phenoxy) is 1. The van der Waals surface area contributed by atoms with Gasteiger partial charge >= 0.3 is 12.0 Å². The summed E-state index contributed by atoms with van der Waals surface area (Å²) in [4.78, 5) is 56.4. The molecule has 2 aromatic carbocycles. The average Bonchev–Trinajstić information content (AvgIpc) is 3.52. The van der Waals surface area contributed by atoms with Crippen LogP contribution in [0.1, 0.15) is 23.1 Å². The lowest BCUT2D eigenvalue weighted by molar-refractivity contribution is -0.154. The number of hydrogen-bond donors (Lipinski definition) is 1. The Labute approximate surface area is 257 Å². The maximum absolute atomic E-state index is 13.8. The van der Waals surface area contributed by atoms with E-state index in [1.807, 2.05) is 60.7 Å². The molecule has 1 unspecified atom stereocenters. The summed E-state index contributed by atoms with van der Waals surface area (Å²) in [5.41, 5.74) is 1.87. The monoisotopic (exact) mass is 615 g/mol. The topological polar surface area (TPSA) is 152 Å². The van der Waals surface area contributed by atoms with Crippen molar-refractivity contribution in [2.24, 2.45) is 10.1 Å². The molecule has 3 aromatic rings. The van der Waals surface area contributed by atoms with Gasteiger partial charge in [0.15, 0.2) is 6.10 Å². The number of thioether (sulfide) groups is 1. The van der Waals surface area contributed by atoms with Gasteiger partial charge in [-0.3, -0.25) is 14.5 Å². The van der Waals surface area contributed by atoms with Crippen molar-refractivity contribution in [3.8, 4) is 0 Å². The molecule has 2 aliphatic rings. The summed E-state index contributed by atoms with van der Waals surface area (Å²) in [6, 6.07) is 17.6. The number of aromatic nitrogens is 2. The molecule has 1 fully saturated rings. The Morgan fingerprint density at radius 3 is 2.41 bits per heavy atom. The molecule has 0 bridgehead atoms. The van der Waals surface area contributed by atoms with Gasteiger partial charge in [0.2, 0.25) is 11.5 Å². The smallest absolute Gasteiger partial charge is 0.356 e. The SMILES string of the molecule is C=CC1=C(C(=O)OC(c2ccccc2)c2ccccc2)N2C(=O)C(NC(=O)/C(=N\OC)c3noc(/N=C/N(C)C)n3)[C@H]2SC1. The second-order valence-electron chi connectivity index (χ2n) is 9.78. The van der Waals surface area contributed by atoms with Gasteiger partial charge in [-0.05, 0) is 16.7 Å². The highest BCUT2D eigenvalue weighted by Crippen LogP contribution is 2.42. The number of β-lactam (4-membered cyclic amide) rings is 1. The predicted octanol–water partition coefficient (Wildman–Crippen LogP) is 2.81. The summed E-state index contributed by atoms with van der Waals surface area (Å²) in [6.07, 6.45) is 2.27. The minimum atomic E-state index is -0.971. The Balaban J connectivity index is 1.35. The molecule has 226 valence electrons. The lowest BCUT2D eigenvalue weighted by atomic mass is 10.0. The zero-order chi connectivity index (χ0) is 31.2. The van der Waals surface area contributed by atoms with Crippen LogP contribution in [0.4, 0.5) is 6.01 Å². The first kappa shape index (κ1) is 30.2. The number of nitrogens with zero attached hydrogens (tertiary/aromatic N) is 6. The Hall–Kier alpha value is -5.24. The van der Waals surface area contributed by atoms with Gasteiger partial charge in [0.25, 0.3) is 11.8 Å². The summed E-state index contributed by atoms with van der Waals surface area (Å²) in [5, 5.41) is 9.56. The molecule has 1 aromatic heterocycles. The summed E-state index contributed by atoms with van der Waals surface area (Å²) >= 11 is 1.38. The lowest BCUT2D eigenvalue weighted by Gasteiger charge is -2.49. The lowest BCUT2D eigenvalue weighted by Crippen LogP contribution is -2.71. The molecule has 0 spiro atoms. The first-order chi connectivity index (χ1) is 21.3. The van der Waals surface area contributed by atoms with Gasteiger partial charge in [0.1, 0.15) is 24.2 Å². The molecule has 1 saturated heterocycles. The number of oxime groups is 1. The van der Waals surface area contributed by atoms with Crippen molar-refractivity contribution in [1.82, 2.24) is 25.3 Å². The number of fused-ring (bicyclic) bond motifs is 1. The van der Waals surface area contributed by atoms with Crippen LogP contribution in [0.15, 0.2) is 99.3 Å². The molecule has 2 atom stereocenters. The van der Waals surface area contributed by atoms with E-state index < -0.39 is 35.3 Å². The summed E-state index contributed by atoms with van der Waals surface area (Å²) in [5.74, 6) is -1.77. The number of carbonyl (C=O) groups excluding carboxylic acids is 3. The molecule has 0 aliphatic carbocycles. The third kappa shape index (κ3) is 6.24. The van der Waals surface area contributed by atoms with Crippen LogP contribution in [0.25, 0.3) is 0 Å². The number of esters is 1. The van der Waals surface area contributed by atoms with Crippen LogP contribution < -0.4 is 5.32 Å². The van der Waals surface area contributed by atoms with Crippen LogP contribution in [-0.4, -0.2) is 88.1 Å². The van der Waals surface area contributed by atoms with Gasteiger partial charge in [0.05, 0.1) is 6.34 Å². The molecule has 2 aliphatic heterocycles. The van der Waals surface area contributed by atoms with E-state index in [1.54, 1.807) is 19.0 Å². The minimum Gasteiger partial charge on any atom is -0.448 e. The first-order valence-electron chi connectivity index (χ1n) is 13.4. The van der Waals surface area contributed by atoms with E-state index in [0.29, 0.717) is 11.3 Å². The summed E-state index contributed by atoms with van der Waals surface area (Å²) in [7, 11) is 4.78. The van der Waals surface area contributed by atoms with Crippen LogP contribution >= 0.6 is 11.8 Å². The fraction of sp³-hybridized carbons (Fsp3) is 0.233. The maximum atomic E-state index is 13.8. The quantitative estimate of drug-likeness (QED) is 0.112. The second kappa shape index (κ2) is 13.4. The largest absolute Gasteiger partial charge is 0.448 e. The molecule has 1 N–H and O–H groups in total. The van der Waals surface area contributed by atoms with Crippen molar-refractivity contribution < 1.29 is 28.5 Å². The van der Waals surface area contributed by atoms with Crippen LogP contribution in [0, 0.1) is 0 Å². The number of nitrogens with one attached hydrogen (secondary N) is 1. The predicted molar refractivity (Wildman–Crippen MR) is 163 cm³/mol. The number of aliphatic imine (C=N–C) groups is 1. The number of allylic oxidation sites excluding steroid dienone is 1. The van der Waals surface area contributed by atoms with E-state index in [-0.39, 0.29) is 23.2 Å². The highest BCUT2D eigenvalue weighted by molar-refractivity contribution is 8.00. The average molecular weight is 616 g/mol. The number of amides is 2. The molecule has 5 rings (SSSR count). The van der Waals surface area contributed by atoms with Crippen LogP contribution in [0.2, 0.25) is 0 Å². The maximum Gasteiger partial charge on any atom is 0.356 e. The molecular weight excluding hydrogens is 586 g/mol. The van der Waals surface area contributed by atoms with Crippen LogP contribution in [0.5, 0.6) is 0 Å². The Bertz CT molecular complexity index is 1600. The molecule has 0 radical (unpaired) electrons.